The summed E-state index contributed by atoms with van der Waals surface area (Å²) in [5, 5.41) is 0. The van der Waals surface area contributed by atoms with E-state index in [1.807, 2.05) is 0 Å². The van der Waals surface area contributed by atoms with Gasteiger partial charge in [-0.1, -0.05) is 0 Å². The van der Waals surface area contributed by atoms with Crippen LogP contribution >= 0.6 is 0 Å². The van der Waals surface area contributed by atoms with Gasteiger partial charge in [0.05, 0.1) is 0 Å². The predicted octanol–water partition coefficient (Wildman–Crippen LogP) is -1.80. The molecule has 0 bridgehead atoms. The second kappa shape index (κ2) is 15.9. The van der Waals surface area contributed by atoms with E-state index in [0.29, 0.717) is 0 Å². The van der Waals surface area contributed by atoms with Gasteiger partial charge < -0.3 is 5.48 Å². The Hall–Kier alpha value is 3.71. The molecule has 0 aromatic carbocycles. The largest absolute Gasteiger partial charge is 2.00 e. The first-order valence-corrected chi connectivity index (χ1v) is 0. The molecule has 0 heterocycles. The van der Waals surface area contributed by atoms with Gasteiger partial charge in [0.25, 0.3) is 0 Å². The number of rotatable bonds is 0. The van der Waals surface area contributed by atoms with Crippen LogP contribution in [0, 0.1) is 0 Å². The van der Waals surface area contributed by atoms with E-state index in [0.717, 1.165) is 0 Å². The van der Waals surface area contributed by atoms with E-state index >= 15 is 0 Å². The molecule has 0 aromatic heterocycles. The summed E-state index contributed by atoms with van der Waals surface area (Å²) >= 11 is 0. The molecule has 0 unspecified atom stereocenters. The van der Waals surface area contributed by atoms with Crippen molar-refractivity contribution in [3.63, 3.8) is 0 Å². The Kier molecular flexibility index (Phi) is 100. The average Bonchev–Trinajstić information content (AvgIpc) is 0. The van der Waals surface area contributed by atoms with Crippen LogP contribution in [0.15, 0.2) is 0 Å². The monoisotopic (exact) mass is 401 g/mol. The van der Waals surface area contributed by atoms with Gasteiger partial charge in [-0.05, 0) is 0 Å². The second-order valence-corrected chi connectivity index (χ2v) is 0. The zero-order valence-corrected chi connectivity index (χ0v) is 8.39. The fourth-order valence-corrected chi connectivity index (χ4v) is 0. The molecule has 0 aliphatic rings. The SMILES string of the molecule is [BaH2].[Ca+2].[O-2].[Tl]. The van der Waals surface area contributed by atoms with Crippen molar-refractivity contribution in [2.75, 3.05) is 0 Å². The Morgan fingerprint density at radius 1 is 1.00 bits per heavy atom. The zero-order valence-electron chi connectivity index (χ0n) is 1.69. The minimum absolute atomic E-state index is 0. The van der Waals surface area contributed by atoms with Crippen LogP contribution in [0.3, 0.4) is 0 Å². The zero-order chi connectivity index (χ0) is 0. The van der Waals surface area contributed by atoms with E-state index < -0.39 is 0 Å². The molecule has 0 spiro atoms. The maximum absolute atomic E-state index is 0. The van der Waals surface area contributed by atoms with Gasteiger partial charge >= 0.3 is 86.6 Å². The molecule has 0 amide bonds. The molecule has 0 saturated carbocycles. The summed E-state index contributed by atoms with van der Waals surface area (Å²) in [7, 11) is 0. The smallest absolute Gasteiger partial charge is 2.00 e. The molecule has 0 aliphatic carbocycles. The fraction of sp³-hybridized carbons (Fsp3) is 0. The summed E-state index contributed by atoms with van der Waals surface area (Å²) in [4.78, 5) is 0. The van der Waals surface area contributed by atoms with Crippen LogP contribution in [-0.4, -0.2) is 114 Å². The van der Waals surface area contributed by atoms with Crippen LogP contribution in [0.1, 0.15) is 0 Å². The maximum Gasteiger partial charge on any atom is 2.00 e. The van der Waals surface area contributed by atoms with Crippen LogP contribution in [0.2, 0.25) is 0 Å². The normalized spacial score (nSPS) is 0. The molecule has 0 rings (SSSR count). The molecule has 0 aromatic rings. The van der Waals surface area contributed by atoms with Crippen LogP contribution in [0.5, 0.6) is 0 Å². The van der Waals surface area contributed by atoms with E-state index in [9.17, 15) is 0 Å². The van der Waals surface area contributed by atoms with Gasteiger partial charge in [-0.3, -0.25) is 0 Å². The molecular weight excluding hydrogens is 398 g/mol. The molecule has 0 aliphatic heterocycles. The van der Waals surface area contributed by atoms with Gasteiger partial charge in [-0.25, -0.2) is 0 Å². The second-order valence-electron chi connectivity index (χ2n) is 0. The van der Waals surface area contributed by atoms with Crippen molar-refractivity contribution < 1.29 is 5.48 Å². The third kappa shape index (κ3) is 9.20. The van der Waals surface area contributed by atoms with E-state index in [1.54, 1.807) is 0 Å². The summed E-state index contributed by atoms with van der Waals surface area (Å²) < 4.78 is 0. The van der Waals surface area contributed by atoms with E-state index in [2.05, 4.69) is 0 Å². The molecule has 0 fully saturated rings. The summed E-state index contributed by atoms with van der Waals surface area (Å²) in [6.45, 7) is 0. The summed E-state index contributed by atoms with van der Waals surface area (Å²) in [5.74, 6) is 0. The van der Waals surface area contributed by atoms with Crippen LogP contribution < -0.4 is 0 Å². The fourth-order valence-electron chi connectivity index (χ4n) is 0. The molecule has 15 valence electrons. The Balaban J connectivity index is 0. The molecule has 4 heteroatoms. The molecular formula is H2BaCaOTl. The van der Waals surface area contributed by atoms with Crippen molar-refractivity contribution in [1.29, 1.82) is 0 Å². The van der Waals surface area contributed by atoms with Crippen molar-refractivity contribution in [3.05, 3.63) is 0 Å². The van der Waals surface area contributed by atoms with Crippen molar-refractivity contribution >= 4 is 114 Å². The first kappa shape index (κ1) is 25.2. The van der Waals surface area contributed by atoms with Crippen LogP contribution in [-0.2, 0) is 5.48 Å². The summed E-state index contributed by atoms with van der Waals surface area (Å²) in [6.07, 6.45) is 0. The van der Waals surface area contributed by atoms with Crippen LogP contribution in [0.4, 0.5) is 0 Å². The predicted molar refractivity (Wildman–Crippen MR) is 20.7 cm³/mol. The topological polar surface area (TPSA) is 28.5 Å². The molecule has 4 heavy (non-hydrogen) atoms. The first-order chi connectivity index (χ1) is 0. The minimum atomic E-state index is 0. The average molecular weight is 400 g/mol. The molecule has 0 N–H and O–H groups in total. The third-order valence-electron chi connectivity index (χ3n) is 0. The quantitative estimate of drug-likeness (QED) is 0.430. The number of hydrogen-bond donors (Lipinski definition) is 0. The Labute approximate surface area is 116 Å². The summed E-state index contributed by atoms with van der Waals surface area (Å²) in [5.41, 5.74) is 0. The van der Waals surface area contributed by atoms with Gasteiger partial charge in [0, 0.05) is 27.3 Å². The minimum Gasteiger partial charge on any atom is -2.00 e. The Bertz CT molecular complexity index is 8.00. The standard InChI is InChI=1S/Ba.Ca.O.Tl.2H/q;+2;-2;;;. The molecule has 1 nitrogen and oxygen atoms in total. The van der Waals surface area contributed by atoms with Gasteiger partial charge in [0.15, 0.2) is 0 Å². The first-order valence-electron chi connectivity index (χ1n) is 0. The van der Waals surface area contributed by atoms with Crippen LogP contribution in [0.25, 0.3) is 0 Å². The van der Waals surface area contributed by atoms with Crippen molar-refractivity contribution in [2.24, 2.45) is 0 Å². The Morgan fingerprint density at radius 2 is 1.00 bits per heavy atom. The van der Waals surface area contributed by atoms with E-state index in [-0.39, 0.29) is 119 Å². The van der Waals surface area contributed by atoms with E-state index in [1.165, 1.54) is 0 Å². The van der Waals surface area contributed by atoms with Crippen molar-refractivity contribution in [2.45, 2.75) is 0 Å². The van der Waals surface area contributed by atoms with Gasteiger partial charge in [-0.2, -0.15) is 0 Å². The van der Waals surface area contributed by atoms with E-state index in [4.69, 9.17) is 0 Å². The summed E-state index contributed by atoms with van der Waals surface area (Å²) in [6, 6.07) is 0. The van der Waals surface area contributed by atoms with Gasteiger partial charge in [-0.15, -0.1) is 0 Å². The Morgan fingerprint density at radius 3 is 1.00 bits per heavy atom. The molecule has 0 atom stereocenters. The van der Waals surface area contributed by atoms with Crippen molar-refractivity contribution in [3.8, 4) is 0 Å². The van der Waals surface area contributed by atoms with Gasteiger partial charge in [0.1, 0.15) is 0 Å². The van der Waals surface area contributed by atoms with Crippen molar-refractivity contribution in [1.82, 2.24) is 0 Å². The van der Waals surface area contributed by atoms with Gasteiger partial charge in [0.2, 0.25) is 0 Å². The molecule has 0 saturated heterocycles. The third-order valence-corrected chi connectivity index (χ3v) is 0. The molecule has 1 radical (unpaired) electrons. The maximum atomic E-state index is 0. The number of hydrogen-bond acceptors (Lipinski definition) is 0.